The molecular formula is H9O17Si9. The van der Waals surface area contributed by atoms with Crippen LogP contribution in [-0.2, 0) is 32.9 Å². The van der Waals surface area contributed by atoms with Gasteiger partial charge in [-0.1, -0.05) is 0 Å². The molecule has 11 radical (unpaired) electrons. The molecule has 147 valence electrons. The van der Waals surface area contributed by atoms with Crippen LogP contribution in [0.1, 0.15) is 0 Å². The van der Waals surface area contributed by atoms with Crippen LogP contribution in [-0.4, -0.2) is 130 Å². The Balaban J connectivity index is 4.05. The fourth-order valence-electron chi connectivity index (χ4n) is 0.672. The summed E-state index contributed by atoms with van der Waals surface area (Å²) in [5.41, 5.74) is 0. The summed E-state index contributed by atoms with van der Waals surface area (Å²) in [4.78, 5) is 81.2. The van der Waals surface area contributed by atoms with Crippen LogP contribution in [0, 0.1) is 0 Å². The lowest BCUT2D eigenvalue weighted by Crippen LogP contribution is -2.46. The zero-order valence-electron chi connectivity index (χ0n) is 11.8. The zero-order chi connectivity index (χ0) is 20.1. The van der Waals surface area contributed by atoms with Crippen LogP contribution >= 0.6 is 0 Å². The van der Waals surface area contributed by atoms with Crippen molar-refractivity contribution in [2.24, 2.45) is 0 Å². The van der Waals surface area contributed by atoms with Crippen molar-refractivity contribution in [3.63, 3.8) is 0 Å². The van der Waals surface area contributed by atoms with E-state index in [1.165, 1.54) is 0 Å². The second-order valence-corrected chi connectivity index (χ2v) is 13.5. The second-order valence-electron chi connectivity index (χ2n) is 2.86. The standard InChI is InChI=1S/H9O17Si9/c1-18-10-20(3)12-22(5)14-24(7)16-26(9)17-25(8)15-23(6)13-21(4)11-19-2/h1-9H. The van der Waals surface area contributed by atoms with Gasteiger partial charge >= 0.3 is 86.7 Å². The average molecular weight is 534 g/mol. The maximum absolute atomic E-state index is 9.35. The maximum atomic E-state index is 9.35. The Morgan fingerprint density at radius 3 is 0.769 bits per heavy atom. The van der Waals surface area contributed by atoms with Crippen molar-refractivity contribution in [1.29, 1.82) is 0 Å². The molecule has 0 spiro atoms. The van der Waals surface area contributed by atoms with Crippen LogP contribution in [0.2, 0.25) is 0 Å². The van der Waals surface area contributed by atoms with Gasteiger partial charge < -0.3 is 76.1 Å². The van der Waals surface area contributed by atoms with E-state index in [-0.39, 0.29) is 0 Å². The molecule has 0 aliphatic rings. The predicted molar refractivity (Wildman–Crippen MR) is 80.4 cm³/mol. The van der Waals surface area contributed by atoms with Crippen LogP contribution in [0.25, 0.3) is 0 Å². The minimum absolute atomic E-state index is 1.10. The van der Waals surface area contributed by atoms with Gasteiger partial charge in [-0.15, -0.1) is 0 Å². The van der Waals surface area contributed by atoms with Crippen LogP contribution in [0.15, 0.2) is 0 Å². The highest BCUT2D eigenvalue weighted by molar-refractivity contribution is 6.64. The minimum atomic E-state index is -3.36. The number of rotatable bonds is 16. The molecule has 0 rings (SSSR count). The lowest BCUT2D eigenvalue weighted by molar-refractivity contribution is 0.153. The first-order valence-electron chi connectivity index (χ1n) is 5.28. The van der Waals surface area contributed by atoms with Crippen molar-refractivity contribution < 1.29 is 76.1 Å². The number of hydrogen-bond acceptors (Lipinski definition) is 17. The van der Waals surface area contributed by atoms with Crippen LogP contribution in [0.5, 0.6) is 0 Å². The molecule has 0 fully saturated rings. The summed E-state index contributed by atoms with van der Waals surface area (Å²) in [5.74, 6) is 0. The van der Waals surface area contributed by atoms with E-state index in [4.69, 9.17) is 19.2 Å². The molecule has 26 heavy (non-hydrogen) atoms. The molecule has 0 aromatic carbocycles. The average Bonchev–Trinajstić information content (AvgIpc) is 2.45. The van der Waals surface area contributed by atoms with Gasteiger partial charge in [0.15, 0.2) is 0 Å². The quantitative estimate of drug-likeness (QED) is 0.0834. The highest BCUT2D eigenvalue weighted by Crippen LogP contribution is 1.98. The van der Waals surface area contributed by atoms with Gasteiger partial charge in [-0.05, 0) is 0 Å². The molecule has 0 bridgehead atoms. The summed E-state index contributed by atoms with van der Waals surface area (Å²) in [6, 6.07) is 0. The van der Waals surface area contributed by atoms with Gasteiger partial charge in [0.2, 0.25) is 0 Å². The molecule has 26 heteroatoms. The fraction of sp³-hybridized carbons (Fsp3) is 0. The molecule has 0 amide bonds. The van der Waals surface area contributed by atoms with E-state index in [1.807, 2.05) is 0 Å². The third kappa shape index (κ3) is 15.2. The van der Waals surface area contributed by atoms with E-state index in [2.05, 4.69) is 32.9 Å². The molecule has 17 nitrogen and oxygen atoms in total. The van der Waals surface area contributed by atoms with Crippen molar-refractivity contribution in [3.8, 4) is 0 Å². The molecule has 0 aliphatic heterocycles. The van der Waals surface area contributed by atoms with Gasteiger partial charge in [0, 0.05) is 0 Å². The van der Waals surface area contributed by atoms with Gasteiger partial charge in [-0.2, -0.15) is 0 Å². The molecule has 0 unspecified atom stereocenters. The third-order valence-electron chi connectivity index (χ3n) is 1.31. The van der Waals surface area contributed by atoms with Gasteiger partial charge in [-0.3, -0.25) is 0 Å². The first kappa shape index (κ1) is 27.3. The van der Waals surface area contributed by atoms with E-state index < -0.39 is 86.7 Å². The highest BCUT2D eigenvalue weighted by atomic mass is 28.5. The normalized spacial score (nSPS) is 12.9. The Bertz CT molecular complexity index is 301. The van der Waals surface area contributed by atoms with E-state index >= 15 is 0 Å². The summed E-state index contributed by atoms with van der Waals surface area (Å²) in [6.45, 7) is 0. The molecule has 0 atom stereocenters. The summed E-state index contributed by atoms with van der Waals surface area (Å²) in [6.07, 6.45) is 0. The Morgan fingerprint density at radius 2 is 0.577 bits per heavy atom. The molecular weight excluding hydrogens is 525 g/mol. The topological polar surface area (TPSA) is 256 Å². The van der Waals surface area contributed by atoms with Crippen LogP contribution in [0.4, 0.5) is 0 Å². The minimum Gasteiger partial charge on any atom is -0.409 e. The van der Waals surface area contributed by atoms with Gasteiger partial charge in [0.05, 0.1) is 0 Å². The Hall–Kier alpha value is 1.27. The molecule has 0 aromatic heterocycles. The first-order chi connectivity index (χ1) is 12.2. The van der Waals surface area contributed by atoms with E-state index in [1.54, 1.807) is 0 Å². The lowest BCUT2D eigenvalue weighted by Gasteiger charge is -2.16. The van der Waals surface area contributed by atoms with E-state index in [0.29, 0.717) is 0 Å². The smallest absolute Gasteiger partial charge is 0.409 e. The van der Waals surface area contributed by atoms with Gasteiger partial charge in [-0.25, -0.2) is 0 Å². The monoisotopic (exact) mass is 533 g/mol. The highest BCUT2D eigenvalue weighted by Gasteiger charge is 2.36. The lowest BCUT2D eigenvalue weighted by atomic mass is 15.6. The molecule has 0 saturated carbocycles. The Labute approximate surface area is 163 Å². The van der Waals surface area contributed by atoms with Gasteiger partial charge in [0.25, 0.3) is 0 Å². The third-order valence-corrected chi connectivity index (χ3v) is 11.8. The van der Waals surface area contributed by atoms with Crippen molar-refractivity contribution in [1.82, 2.24) is 0 Å². The SMILES string of the molecule is O[Si]O[Si](O)O[Si](O)O[Si](O)O[Si](O)O[Si](O)O[Si](O)O[Si](O)O[Si]O. The Morgan fingerprint density at radius 1 is 0.385 bits per heavy atom. The van der Waals surface area contributed by atoms with E-state index in [9.17, 15) is 24.0 Å². The van der Waals surface area contributed by atoms with Crippen LogP contribution < -0.4 is 0 Å². The molecule has 0 aromatic rings. The Kier molecular flexibility index (Phi) is 16.9. The van der Waals surface area contributed by atoms with Crippen molar-refractivity contribution in [2.75, 3.05) is 0 Å². The summed E-state index contributed by atoms with van der Waals surface area (Å²) < 4.78 is 34.8. The van der Waals surface area contributed by atoms with Crippen LogP contribution in [0.3, 0.4) is 0 Å². The summed E-state index contributed by atoms with van der Waals surface area (Å²) >= 11 is 0. The van der Waals surface area contributed by atoms with Crippen molar-refractivity contribution in [2.45, 2.75) is 0 Å². The molecule has 0 aliphatic carbocycles. The molecule has 0 saturated heterocycles. The summed E-state index contributed by atoms with van der Waals surface area (Å²) in [5, 5.41) is 0. The number of hydrogen-bond donors (Lipinski definition) is 9. The first-order valence-corrected chi connectivity index (χ1v) is 15.8. The van der Waals surface area contributed by atoms with Crippen molar-refractivity contribution >= 4 is 86.7 Å². The molecule has 9 N–H and O–H groups in total. The summed E-state index contributed by atoms with van der Waals surface area (Å²) in [7, 11) is -24.7. The van der Waals surface area contributed by atoms with Gasteiger partial charge in [0.1, 0.15) is 0 Å². The fourth-order valence-corrected chi connectivity index (χ4v) is 8.67. The van der Waals surface area contributed by atoms with E-state index in [0.717, 1.165) is 0 Å². The predicted octanol–water partition coefficient (Wildman–Crippen LogP) is -8.99. The van der Waals surface area contributed by atoms with Crippen molar-refractivity contribution in [3.05, 3.63) is 0 Å². The maximum Gasteiger partial charge on any atom is 0.558 e. The zero-order valence-corrected chi connectivity index (χ0v) is 20.8. The molecule has 0 heterocycles. The largest absolute Gasteiger partial charge is 0.558 e. The second kappa shape index (κ2) is 16.1.